The van der Waals surface area contributed by atoms with Crippen molar-refractivity contribution in [3.05, 3.63) is 16.1 Å². The van der Waals surface area contributed by atoms with Gasteiger partial charge >= 0.3 is 0 Å². The fraction of sp³-hybridized carbons (Fsp3) is 0.545. The first-order chi connectivity index (χ1) is 8.22. The molecule has 0 unspecified atom stereocenters. The molecule has 0 amide bonds. The number of hydrogen-bond acceptors (Lipinski definition) is 4. The molecule has 0 bridgehead atoms. The van der Waals surface area contributed by atoms with E-state index in [1.807, 2.05) is 18.8 Å². The van der Waals surface area contributed by atoms with Crippen LogP contribution >= 0.6 is 35.0 Å². The van der Waals surface area contributed by atoms with Crippen LogP contribution in [0.3, 0.4) is 0 Å². The molecule has 1 fully saturated rings. The van der Waals surface area contributed by atoms with E-state index >= 15 is 0 Å². The summed E-state index contributed by atoms with van der Waals surface area (Å²) in [5, 5.41) is 4.17. The van der Waals surface area contributed by atoms with Gasteiger partial charge in [0.15, 0.2) is 0 Å². The van der Waals surface area contributed by atoms with E-state index in [0.717, 1.165) is 24.7 Å². The van der Waals surface area contributed by atoms with Gasteiger partial charge < -0.3 is 10.2 Å². The second-order valence-corrected chi connectivity index (χ2v) is 5.87. The van der Waals surface area contributed by atoms with Crippen molar-refractivity contribution in [2.75, 3.05) is 41.9 Å². The maximum absolute atomic E-state index is 6.22. The van der Waals surface area contributed by atoms with Crippen LogP contribution in [0.4, 0.5) is 11.6 Å². The molecule has 0 spiro atoms. The Bertz CT molecular complexity index is 393. The second-order valence-electron chi connectivity index (χ2n) is 3.83. The predicted octanol–water partition coefficient (Wildman–Crippen LogP) is 3.37. The molecule has 0 atom stereocenters. The number of halogens is 2. The molecule has 1 N–H and O–H groups in total. The van der Waals surface area contributed by atoms with Crippen LogP contribution in [0, 0.1) is 0 Å². The molecule has 6 heteroatoms. The average molecular weight is 292 g/mol. The van der Waals surface area contributed by atoms with Gasteiger partial charge in [0.1, 0.15) is 11.6 Å². The van der Waals surface area contributed by atoms with E-state index in [0.29, 0.717) is 15.9 Å². The number of thioether (sulfide) groups is 1. The summed E-state index contributed by atoms with van der Waals surface area (Å²) in [6.07, 6.45) is 1.17. The van der Waals surface area contributed by atoms with Crippen LogP contribution in [0.15, 0.2) is 6.07 Å². The molecule has 94 valence electrons. The molecule has 1 saturated heterocycles. The lowest BCUT2D eigenvalue weighted by molar-refractivity contribution is 0.802. The van der Waals surface area contributed by atoms with Crippen molar-refractivity contribution in [2.24, 2.45) is 0 Å². The highest BCUT2D eigenvalue weighted by Crippen LogP contribution is 2.32. The van der Waals surface area contributed by atoms with Gasteiger partial charge in [-0.3, -0.25) is 0 Å². The highest BCUT2D eigenvalue weighted by atomic mass is 35.5. The SMILES string of the molecule is CNc1nc(N2CCCSCC2)c(Cl)cc1Cl. The molecule has 0 radical (unpaired) electrons. The minimum absolute atomic E-state index is 0.561. The van der Waals surface area contributed by atoms with E-state index in [9.17, 15) is 0 Å². The molecule has 2 heterocycles. The van der Waals surface area contributed by atoms with Gasteiger partial charge in [-0.1, -0.05) is 23.2 Å². The van der Waals surface area contributed by atoms with Crippen molar-refractivity contribution in [2.45, 2.75) is 6.42 Å². The highest BCUT2D eigenvalue weighted by molar-refractivity contribution is 7.99. The first kappa shape index (κ1) is 13.1. The van der Waals surface area contributed by atoms with Crippen molar-refractivity contribution in [1.29, 1.82) is 0 Å². The summed E-state index contributed by atoms with van der Waals surface area (Å²) in [6.45, 7) is 1.99. The zero-order chi connectivity index (χ0) is 12.3. The van der Waals surface area contributed by atoms with E-state index in [2.05, 4.69) is 15.2 Å². The van der Waals surface area contributed by atoms with Crippen LogP contribution in [-0.4, -0.2) is 36.6 Å². The fourth-order valence-corrected chi connectivity index (χ4v) is 3.27. The zero-order valence-corrected chi connectivity index (χ0v) is 12.0. The van der Waals surface area contributed by atoms with Crippen LogP contribution in [0.1, 0.15) is 6.42 Å². The lowest BCUT2D eigenvalue weighted by Crippen LogP contribution is -2.27. The molecular weight excluding hydrogens is 277 g/mol. The molecule has 0 aliphatic carbocycles. The van der Waals surface area contributed by atoms with Gasteiger partial charge in [-0.25, -0.2) is 4.98 Å². The molecule has 0 saturated carbocycles. The van der Waals surface area contributed by atoms with Crippen LogP contribution in [-0.2, 0) is 0 Å². The topological polar surface area (TPSA) is 28.2 Å². The maximum atomic E-state index is 6.22. The summed E-state index contributed by atoms with van der Waals surface area (Å²) in [6, 6.07) is 1.76. The Hall–Kier alpha value is -0.320. The van der Waals surface area contributed by atoms with Crippen LogP contribution in [0.2, 0.25) is 10.0 Å². The minimum Gasteiger partial charge on any atom is -0.372 e. The van der Waals surface area contributed by atoms with E-state index in [1.54, 1.807) is 6.07 Å². The third-order valence-corrected chi connectivity index (χ3v) is 4.28. The number of hydrogen-bond donors (Lipinski definition) is 1. The summed E-state index contributed by atoms with van der Waals surface area (Å²) in [7, 11) is 1.81. The van der Waals surface area contributed by atoms with Gasteiger partial charge in [-0.2, -0.15) is 11.8 Å². The van der Waals surface area contributed by atoms with Crippen LogP contribution in [0.5, 0.6) is 0 Å². The smallest absolute Gasteiger partial charge is 0.149 e. The number of nitrogens with one attached hydrogen (secondary N) is 1. The van der Waals surface area contributed by atoms with E-state index in [-0.39, 0.29) is 0 Å². The first-order valence-electron chi connectivity index (χ1n) is 5.59. The summed E-state index contributed by atoms with van der Waals surface area (Å²) in [5.74, 6) is 3.85. The Balaban J connectivity index is 2.29. The molecule has 1 aromatic rings. The highest BCUT2D eigenvalue weighted by Gasteiger charge is 2.16. The lowest BCUT2D eigenvalue weighted by Gasteiger charge is -2.23. The third kappa shape index (κ3) is 3.12. The first-order valence-corrected chi connectivity index (χ1v) is 7.50. The number of rotatable bonds is 2. The molecule has 0 aromatic carbocycles. The monoisotopic (exact) mass is 291 g/mol. The van der Waals surface area contributed by atoms with Gasteiger partial charge in [0.2, 0.25) is 0 Å². The summed E-state index contributed by atoms with van der Waals surface area (Å²) < 4.78 is 0. The average Bonchev–Trinajstić information content (AvgIpc) is 2.58. The molecular formula is C11H15Cl2N3S. The van der Waals surface area contributed by atoms with Crippen LogP contribution in [0.25, 0.3) is 0 Å². The fourth-order valence-electron chi connectivity index (χ4n) is 1.81. The predicted molar refractivity (Wildman–Crippen MR) is 78.0 cm³/mol. The Morgan fingerprint density at radius 1 is 1.29 bits per heavy atom. The molecule has 2 rings (SSSR count). The van der Waals surface area contributed by atoms with Crippen molar-refractivity contribution in [3.63, 3.8) is 0 Å². The Kier molecular flexibility index (Phi) is 4.65. The number of aromatic nitrogens is 1. The Morgan fingerprint density at radius 3 is 2.88 bits per heavy atom. The molecule has 3 nitrogen and oxygen atoms in total. The number of nitrogens with zero attached hydrogens (tertiary/aromatic N) is 2. The van der Waals surface area contributed by atoms with E-state index in [1.165, 1.54) is 12.2 Å². The van der Waals surface area contributed by atoms with Crippen molar-refractivity contribution < 1.29 is 0 Å². The van der Waals surface area contributed by atoms with Gasteiger partial charge in [0.25, 0.3) is 0 Å². The number of anilines is 2. The minimum atomic E-state index is 0.561. The number of pyridine rings is 1. The van der Waals surface area contributed by atoms with Crippen molar-refractivity contribution in [1.82, 2.24) is 4.98 Å². The van der Waals surface area contributed by atoms with Gasteiger partial charge in [-0.15, -0.1) is 0 Å². The van der Waals surface area contributed by atoms with E-state index < -0.39 is 0 Å². The maximum Gasteiger partial charge on any atom is 0.149 e. The van der Waals surface area contributed by atoms with Crippen molar-refractivity contribution in [3.8, 4) is 0 Å². The normalized spacial score (nSPS) is 16.8. The molecule has 1 aromatic heterocycles. The van der Waals surface area contributed by atoms with Gasteiger partial charge in [0.05, 0.1) is 10.0 Å². The standard InChI is InChI=1S/C11H15Cl2N3S/c1-14-10-8(12)7-9(13)11(15-10)16-3-2-5-17-6-4-16/h7H,2-6H2,1H3,(H,14,15). The Morgan fingerprint density at radius 2 is 2.12 bits per heavy atom. The molecule has 1 aliphatic rings. The largest absolute Gasteiger partial charge is 0.372 e. The molecule has 1 aliphatic heterocycles. The van der Waals surface area contributed by atoms with Crippen LogP contribution < -0.4 is 10.2 Å². The second kappa shape index (κ2) is 6.03. The van der Waals surface area contributed by atoms with Gasteiger partial charge in [-0.05, 0) is 18.2 Å². The summed E-state index contributed by atoms with van der Waals surface area (Å²) in [5.41, 5.74) is 0. The third-order valence-electron chi connectivity index (χ3n) is 2.67. The Labute approximate surface area is 116 Å². The van der Waals surface area contributed by atoms with Gasteiger partial charge in [0, 0.05) is 25.9 Å². The van der Waals surface area contributed by atoms with E-state index in [4.69, 9.17) is 23.2 Å². The molecule has 17 heavy (non-hydrogen) atoms. The summed E-state index contributed by atoms with van der Waals surface area (Å²) >= 11 is 14.2. The lowest BCUT2D eigenvalue weighted by atomic mass is 10.3. The summed E-state index contributed by atoms with van der Waals surface area (Å²) in [4.78, 5) is 6.73. The van der Waals surface area contributed by atoms with Crippen molar-refractivity contribution >= 4 is 46.6 Å². The zero-order valence-electron chi connectivity index (χ0n) is 9.67. The quantitative estimate of drug-likeness (QED) is 0.904.